The van der Waals surface area contributed by atoms with Gasteiger partial charge in [-0.2, -0.15) is 0 Å². The maximum Gasteiger partial charge on any atom is 0.0894 e. The number of unbranched alkanes of at least 4 members (excludes halogenated alkanes) is 5. The monoisotopic (exact) mass is 190 g/mol. The molecule has 0 nitrogen and oxygen atoms in total. The molecule has 0 N–H and O–H groups in total. The van der Waals surface area contributed by atoms with Gasteiger partial charge in [-0.25, -0.2) is 0 Å². The van der Waals surface area contributed by atoms with Gasteiger partial charge in [-0.05, 0) is 38.5 Å². The molecule has 0 unspecified atom stereocenters. The Bertz CT molecular complexity index is 111. The minimum absolute atomic E-state index is 0.194. The molecule has 0 amide bonds. The molecule has 0 bridgehead atoms. The van der Waals surface area contributed by atoms with Crippen molar-refractivity contribution in [2.24, 2.45) is 0 Å². The van der Waals surface area contributed by atoms with Crippen molar-refractivity contribution in [3.63, 3.8) is 0 Å². The zero-order valence-corrected chi connectivity index (χ0v) is 8.27. The average molecular weight is 190 g/mol. The second-order valence-electron chi connectivity index (χ2n) is 3.19. The van der Waals surface area contributed by atoms with Gasteiger partial charge in [0.05, 0.1) is 13.3 Å². The van der Waals surface area contributed by atoms with Crippen LogP contribution in [0.1, 0.15) is 44.9 Å². The predicted molar refractivity (Wildman–Crippen MR) is 53.4 cm³/mol. The molecule has 78 valence electrons. The van der Waals surface area contributed by atoms with Crippen molar-refractivity contribution in [2.75, 3.05) is 13.3 Å². The van der Waals surface area contributed by atoms with Crippen LogP contribution in [0.5, 0.6) is 0 Å². The maximum absolute atomic E-state index is 11.7. The number of rotatable bonds is 9. The van der Waals surface area contributed by atoms with Crippen molar-refractivity contribution >= 4 is 0 Å². The fourth-order valence-electron chi connectivity index (χ4n) is 1.13. The van der Waals surface area contributed by atoms with Crippen LogP contribution in [-0.2, 0) is 0 Å². The first kappa shape index (κ1) is 12.6. The van der Waals surface area contributed by atoms with Crippen LogP contribution in [0.25, 0.3) is 0 Å². The summed E-state index contributed by atoms with van der Waals surface area (Å²) in [5, 5.41) is 0. The normalized spacial score (nSPS) is 11.2. The summed E-state index contributed by atoms with van der Waals surface area (Å²) in [4.78, 5) is 0. The smallest absolute Gasteiger partial charge is 0.0894 e. The van der Waals surface area contributed by atoms with Crippen molar-refractivity contribution < 1.29 is 8.78 Å². The maximum atomic E-state index is 11.7. The first-order valence-electron chi connectivity index (χ1n) is 5.18. The molecule has 0 rings (SSSR count). The zero-order chi connectivity index (χ0) is 9.78. The Morgan fingerprint density at radius 1 is 0.615 bits per heavy atom. The molecule has 0 aromatic rings. The molecule has 13 heavy (non-hydrogen) atoms. The SMILES string of the molecule is FCCCCC=CCCCCCF. The van der Waals surface area contributed by atoms with Gasteiger partial charge in [0.15, 0.2) is 0 Å². The largest absolute Gasteiger partial charge is 0.251 e. The summed E-state index contributed by atoms with van der Waals surface area (Å²) < 4.78 is 23.3. The summed E-state index contributed by atoms with van der Waals surface area (Å²) >= 11 is 0. The van der Waals surface area contributed by atoms with Gasteiger partial charge in [-0.1, -0.05) is 18.6 Å². The molecule has 0 radical (unpaired) electrons. The highest BCUT2D eigenvalue weighted by Gasteiger charge is 1.86. The van der Waals surface area contributed by atoms with Crippen molar-refractivity contribution in [1.29, 1.82) is 0 Å². The van der Waals surface area contributed by atoms with E-state index in [-0.39, 0.29) is 13.3 Å². The van der Waals surface area contributed by atoms with Crippen LogP contribution in [0, 0.1) is 0 Å². The molecule has 0 saturated heterocycles. The first-order valence-corrected chi connectivity index (χ1v) is 5.18. The van der Waals surface area contributed by atoms with Crippen LogP contribution in [0.4, 0.5) is 8.78 Å². The number of hydrogen-bond donors (Lipinski definition) is 0. The van der Waals surface area contributed by atoms with Crippen molar-refractivity contribution in [2.45, 2.75) is 44.9 Å². The molecule has 0 aromatic heterocycles. The van der Waals surface area contributed by atoms with Gasteiger partial charge in [0, 0.05) is 0 Å². The lowest BCUT2D eigenvalue weighted by atomic mass is 10.1. The van der Waals surface area contributed by atoms with E-state index in [9.17, 15) is 8.78 Å². The molecule has 0 aliphatic rings. The predicted octanol–water partition coefficient (Wildman–Crippen LogP) is 4.21. The summed E-state index contributed by atoms with van der Waals surface area (Å²) in [6.07, 6.45) is 10.6. The van der Waals surface area contributed by atoms with Crippen molar-refractivity contribution in [1.82, 2.24) is 0 Å². The number of halogens is 2. The van der Waals surface area contributed by atoms with E-state index in [4.69, 9.17) is 0 Å². The third kappa shape index (κ3) is 11.6. The minimum atomic E-state index is -0.204. The molecule has 0 heterocycles. The van der Waals surface area contributed by atoms with Crippen LogP contribution in [0.2, 0.25) is 0 Å². The van der Waals surface area contributed by atoms with E-state index in [2.05, 4.69) is 12.2 Å². The van der Waals surface area contributed by atoms with E-state index >= 15 is 0 Å². The lowest BCUT2D eigenvalue weighted by molar-refractivity contribution is 0.457. The Morgan fingerprint density at radius 2 is 1.08 bits per heavy atom. The van der Waals surface area contributed by atoms with Gasteiger partial charge in [0.25, 0.3) is 0 Å². The van der Waals surface area contributed by atoms with Crippen LogP contribution in [0.3, 0.4) is 0 Å². The molecule has 2 heteroatoms. The highest BCUT2D eigenvalue weighted by Crippen LogP contribution is 2.03. The number of hydrogen-bond acceptors (Lipinski definition) is 0. The fraction of sp³-hybridized carbons (Fsp3) is 0.818. The van der Waals surface area contributed by atoms with Crippen molar-refractivity contribution in [3.8, 4) is 0 Å². The molecule has 0 spiro atoms. The van der Waals surface area contributed by atoms with Crippen LogP contribution < -0.4 is 0 Å². The van der Waals surface area contributed by atoms with Gasteiger partial charge < -0.3 is 0 Å². The quantitative estimate of drug-likeness (QED) is 0.377. The van der Waals surface area contributed by atoms with Crippen LogP contribution in [0.15, 0.2) is 12.2 Å². The Hall–Kier alpha value is -0.400. The molecular formula is C11H20F2. The first-order chi connectivity index (χ1) is 6.41. The summed E-state index contributed by atoms with van der Waals surface area (Å²) in [5.74, 6) is 0. The highest BCUT2D eigenvalue weighted by atomic mass is 19.1. The molecule has 0 atom stereocenters. The summed E-state index contributed by atoms with van der Waals surface area (Å²) in [6, 6.07) is 0. The molecule has 0 aliphatic carbocycles. The summed E-state index contributed by atoms with van der Waals surface area (Å²) in [7, 11) is 0. The Balaban J connectivity index is 2.95. The van der Waals surface area contributed by atoms with E-state index in [0.717, 1.165) is 32.1 Å². The molecule has 0 aliphatic heterocycles. The lowest BCUT2D eigenvalue weighted by Crippen LogP contribution is -1.78. The Kier molecular flexibility index (Phi) is 11.2. The second-order valence-corrected chi connectivity index (χ2v) is 3.19. The molecule has 0 fully saturated rings. The second kappa shape index (κ2) is 11.6. The Morgan fingerprint density at radius 3 is 1.62 bits per heavy atom. The third-order valence-electron chi connectivity index (χ3n) is 1.93. The number of alkyl halides is 2. The molecule has 0 aromatic carbocycles. The Labute approximate surface area is 80.0 Å². The average Bonchev–Trinajstić information content (AvgIpc) is 2.16. The van der Waals surface area contributed by atoms with Crippen molar-refractivity contribution in [3.05, 3.63) is 12.2 Å². The van der Waals surface area contributed by atoms with Gasteiger partial charge in [0.2, 0.25) is 0 Å². The topological polar surface area (TPSA) is 0 Å². The van der Waals surface area contributed by atoms with E-state index in [1.165, 1.54) is 0 Å². The molecular weight excluding hydrogens is 170 g/mol. The van der Waals surface area contributed by atoms with E-state index in [1.54, 1.807) is 0 Å². The van der Waals surface area contributed by atoms with Gasteiger partial charge in [-0.3, -0.25) is 8.78 Å². The van der Waals surface area contributed by atoms with Crippen LogP contribution in [-0.4, -0.2) is 13.3 Å². The van der Waals surface area contributed by atoms with E-state index in [0.29, 0.717) is 12.8 Å². The number of allylic oxidation sites excluding steroid dienone is 2. The van der Waals surface area contributed by atoms with Gasteiger partial charge in [-0.15, -0.1) is 0 Å². The molecule has 0 saturated carbocycles. The van der Waals surface area contributed by atoms with Gasteiger partial charge >= 0.3 is 0 Å². The van der Waals surface area contributed by atoms with Gasteiger partial charge in [0.1, 0.15) is 0 Å². The summed E-state index contributed by atoms with van der Waals surface area (Å²) in [5.41, 5.74) is 0. The van der Waals surface area contributed by atoms with Crippen LogP contribution >= 0.6 is 0 Å². The fourth-order valence-corrected chi connectivity index (χ4v) is 1.13. The highest BCUT2D eigenvalue weighted by molar-refractivity contribution is 4.81. The zero-order valence-electron chi connectivity index (χ0n) is 8.27. The summed E-state index contributed by atoms with van der Waals surface area (Å²) in [6.45, 7) is -0.398. The lowest BCUT2D eigenvalue weighted by Gasteiger charge is -1.93. The third-order valence-corrected chi connectivity index (χ3v) is 1.93. The minimum Gasteiger partial charge on any atom is -0.251 e. The van der Waals surface area contributed by atoms with E-state index < -0.39 is 0 Å². The standard InChI is InChI=1S/C11H20F2/c12-10-8-6-4-2-1-3-5-7-9-11-13/h1-2H,3-11H2. The van der Waals surface area contributed by atoms with E-state index in [1.807, 2.05) is 0 Å².